The van der Waals surface area contributed by atoms with Gasteiger partial charge in [-0.05, 0) is 18.9 Å². The van der Waals surface area contributed by atoms with Gasteiger partial charge < -0.3 is 14.4 Å². The Morgan fingerprint density at radius 1 is 1.29 bits per heavy atom. The van der Waals surface area contributed by atoms with Gasteiger partial charge in [-0.2, -0.15) is 0 Å². The van der Waals surface area contributed by atoms with Crippen LogP contribution < -0.4 is 4.74 Å². The molecule has 2 aliphatic rings. The van der Waals surface area contributed by atoms with E-state index in [2.05, 4.69) is 26.9 Å². The minimum atomic E-state index is -0.250. The van der Waals surface area contributed by atoms with E-state index in [1.54, 1.807) is 0 Å². The summed E-state index contributed by atoms with van der Waals surface area (Å²) in [5, 5.41) is 15.5. The first kappa shape index (κ1) is 13.6. The first-order valence-corrected chi connectivity index (χ1v) is 7.04. The van der Waals surface area contributed by atoms with Gasteiger partial charge in [-0.25, -0.2) is 0 Å². The molecule has 1 N–H and O–H groups in total. The minimum Gasteiger partial charge on any atom is -0.485 e. The average Bonchev–Trinajstić information content (AvgIpc) is 2.71. The van der Waals surface area contributed by atoms with E-state index in [1.165, 1.54) is 24.8 Å². The molecular formula is C15H17N3O3. The Morgan fingerprint density at radius 3 is 2.76 bits per heavy atom. The molecule has 110 valence electrons. The van der Waals surface area contributed by atoms with Crippen LogP contribution in [0.3, 0.4) is 0 Å². The number of ether oxygens (including phenoxy) is 1. The summed E-state index contributed by atoms with van der Waals surface area (Å²) in [7, 11) is 0. The van der Waals surface area contributed by atoms with Gasteiger partial charge in [0.1, 0.15) is 18.2 Å². The highest BCUT2D eigenvalue weighted by Crippen LogP contribution is 2.36. The zero-order chi connectivity index (χ0) is 14.7. The summed E-state index contributed by atoms with van der Waals surface area (Å²) in [6.07, 6.45) is 3.82. The van der Waals surface area contributed by atoms with Crippen molar-refractivity contribution in [1.29, 1.82) is 0 Å². The van der Waals surface area contributed by atoms with Crippen molar-refractivity contribution in [2.24, 2.45) is 0 Å². The van der Waals surface area contributed by atoms with Crippen LogP contribution in [0.2, 0.25) is 0 Å². The van der Waals surface area contributed by atoms with Gasteiger partial charge in [0, 0.05) is 11.5 Å². The van der Waals surface area contributed by atoms with Crippen molar-refractivity contribution in [3.05, 3.63) is 41.5 Å². The van der Waals surface area contributed by atoms with E-state index in [0.717, 1.165) is 23.9 Å². The van der Waals surface area contributed by atoms with Gasteiger partial charge in [-0.3, -0.25) is 4.79 Å². The monoisotopic (exact) mass is 287 g/mol. The minimum absolute atomic E-state index is 0.250. The number of carbonyl (C=O) groups is 1. The molecule has 0 saturated heterocycles. The summed E-state index contributed by atoms with van der Waals surface area (Å²) in [5.41, 5.74) is 1.22. The fourth-order valence-electron chi connectivity index (χ4n) is 2.68. The number of para-hydroxylation sites is 1. The SMILES string of the molecule is O=CO.c1ccc2c(c1)Cn1c(nnc1C1CCC1)CO2. The predicted molar refractivity (Wildman–Crippen MR) is 75.2 cm³/mol. The van der Waals surface area contributed by atoms with Gasteiger partial charge >= 0.3 is 0 Å². The van der Waals surface area contributed by atoms with E-state index in [0.29, 0.717) is 12.5 Å². The van der Waals surface area contributed by atoms with Crippen molar-refractivity contribution in [1.82, 2.24) is 14.8 Å². The summed E-state index contributed by atoms with van der Waals surface area (Å²) >= 11 is 0. The highest BCUT2D eigenvalue weighted by molar-refractivity contribution is 5.35. The van der Waals surface area contributed by atoms with Crippen LogP contribution in [0, 0.1) is 0 Å². The fourth-order valence-corrected chi connectivity index (χ4v) is 2.68. The summed E-state index contributed by atoms with van der Waals surface area (Å²) in [6.45, 7) is 1.11. The number of aromatic nitrogens is 3. The molecule has 1 aliphatic heterocycles. The maximum Gasteiger partial charge on any atom is 0.290 e. The number of hydrogen-bond acceptors (Lipinski definition) is 4. The molecule has 1 fully saturated rings. The summed E-state index contributed by atoms with van der Waals surface area (Å²) < 4.78 is 8.04. The summed E-state index contributed by atoms with van der Waals surface area (Å²) in [5.74, 6) is 3.68. The largest absolute Gasteiger partial charge is 0.485 e. The first-order chi connectivity index (χ1) is 10.3. The molecule has 2 aromatic rings. The number of benzene rings is 1. The number of rotatable bonds is 1. The lowest BCUT2D eigenvalue weighted by Crippen LogP contribution is -2.16. The third-order valence-electron chi connectivity index (χ3n) is 3.98. The predicted octanol–water partition coefficient (Wildman–Crippen LogP) is 2.19. The van der Waals surface area contributed by atoms with E-state index in [-0.39, 0.29) is 6.47 Å². The molecule has 0 unspecified atom stereocenters. The molecule has 1 aromatic heterocycles. The van der Waals surface area contributed by atoms with Crippen LogP contribution in [0.25, 0.3) is 0 Å². The molecule has 2 heterocycles. The van der Waals surface area contributed by atoms with Crippen LogP contribution in [-0.2, 0) is 17.9 Å². The standard InChI is InChI=1S/C14H15N3O.CH2O2/c1-2-7-12-11(4-1)8-17-13(9-18-12)15-16-14(17)10-5-3-6-10;2-1-3/h1-2,4,7,10H,3,5-6,8-9H2;1H,(H,2,3). The lowest BCUT2D eigenvalue weighted by molar-refractivity contribution is -0.122. The van der Waals surface area contributed by atoms with Crippen LogP contribution >= 0.6 is 0 Å². The zero-order valence-electron chi connectivity index (χ0n) is 11.6. The van der Waals surface area contributed by atoms with Crippen molar-refractivity contribution < 1.29 is 14.6 Å². The van der Waals surface area contributed by atoms with Crippen LogP contribution in [-0.4, -0.2) is 26.3 Å². The average molecular weight is 287 g/mol. The van der Waals surface area contributed by atoms with Crippen molar-refractivity contribution >= 4 is 6.47 Å². The molecule has 0 atom stereocenters. The first-order valence-electron chi connectivity index (χ1n) is 7.04. The Hall–Kier alpha value is -2.37. The van der Waals surface area contributed by atoms with E-state index in [4.69, 9.17) is 14.6 Å². The molecule has 6 nitrogen and oxygen atoms in total. The molecule has 1 aromatic carbocycles. The second-order valence-electron chi connectivity index (χ2n) is 5.19. The Kier molecular flexibility index (Phi) is 3.85. The maximum atomic E-state index is 8.36. The van der Waals surface area contributed by atoms with Crippen LogP contribution in [0.5, 0.6) is 5.75 Å². The van der Waals surface area contributed by atoms with Crippen LogP contribution in [0.1, 0.15) is 42.4 Å². The fraction of sp³-hybridized carbons (Fsp3) is 0.400. The van der Waals surface area contributed by atoms with Crippen molar-refractivity contribution in [3.8, 4) is 5.75 Å². The van der Waals surface area contributed by atoms with Gasteiger partial charge in [0.05, 0.1) is 6.54 Å². The van der Waals surface area contributed by atoms with Crippen LogP contribution in [0.4, 0.5) is 0 Å². The van der Waals surface area contributed by atoms with Gasteiger partial charge in [0.15, 0.2) is 5.82 Å². The molecular weight excluding hydrogens is 270 g/mol. The molecule has 1 saturated carbocycles. The van der Waals surface area contributed by atoms with Crippen LogP contribution in [0.15, 0.2) is 24.3 Å². The molecule has 0 amide bonds. The molecule has 6 heteroatoms. The molecule has 4 rings (SSSR count). The lowest BCUT2D eigenvalue weighted by atomic mass is 9.85. The Morgan fingerprint density at radius 2 is 2.05 bits per heavy atom. The molecule has 0 bridgehead atoms. The molecule has 1 aliphatic carbocycles. The smallest absolute Gasteiger partial charge is 0.290 e. The maximum absolute atomic E-state index is 8.36. The normalized spacial score (nSPS) is 16.2. The number of carboxylic acid groups (broad SMARTS) is 1. The van der Waals surface area contributed by atoms with Crippen molar-refractivity contribution in [2.45, 2.75) is 38.3 Å². The molecule has 21 heavy (non-hydrogen) atoms. The Balaban J connectivity index is 0.000000409. The number of nitrogens with zero attached hydrogens (tertiary/aromatic N) is 3. The van der Waals surface area contributed by atoms with E-state index in [9.17, 15) is 0 Å². The van der Waals surface area contributed by atoms with Gasteiger partial charge in [-0.15, -0.1) is 10.2 Å². The van der Waals surface area contributed by atoms with Gasteiger partial charge in [-0.1, -0.05) is 24.6 Å². The van der Waals surface area contributed by atoms with E-state index < -0.39 is 0 Å². The van der Waals surface area contributed by atoms with E-state index in [1.807, 2.05) is 12.1 Å². The molecule has 0 spiro atoms. The third kappa shape index (κ3) is 2.61. The number of fused-ring (bicyclic) bond motifs is 2. The van der Waals surface area contributed by atoms with E-state index >= 15 is 0 Å². The quantitative estimate of drug-likeness (QED) is 0.813. The summed E-state index contributed by atoms with van der Waals surface area (Å²) in [4.78, 5) is 8.36. The second-order valence-corrected chi connectivity index (χ2v) is 5.19. The van der Waals surface area contributed by atoms with Gasteiger partial charge in [0.25, 0.3) is 6.47 Å². The lowest BCUT2D eigenvalue weighted by Gasteiger charge is -2.24. The topological polar surface area (TPSA) is 77.2 Å². The highest BCUT2D eigenvalue weighted by Gasteiger charge is 2.28. The zero-order valence-corrected chi connectivity index (χ0v) is 11.6. The van der Waals surface area contributed by atoms with Gasteiger partial charge in [0.2, 0.25) is 0 Å². The second kappa shape index (κ2) is 5.95. The Bertz CT molecular complexity index is 635. The van der Waals surface area contributed by atoms with Crippen molar-refractivity contribution in [2.75, 3.05) is 0 Å². The Labute approximate surface area is 122 Å². The third-order valence-corrected chi connectivity index (χ3v) is 3.98. The molecule has 0 radical (unpaired) electrons. The van der Waals surface area contributed by atoms with Crippen molar-refractivity contribution in [3.63, 3.8) is 0 Å². The highest BCUT2D eigenvalue weighted by atomic mass is 16.5. The number of hydrogen-bond donors (Lipinski definition) is 1. The summed E-state index contributed by atoms with van der Waals surface area (Å²) in [6, 6.07) is 8.21.